The van der Waals surface area contributed by atoms with Gasteiger partial charge in [-0.15, -0.1) is 0 Å². The molecule has 2 heterocycles. The van der Waals surface area contributed by atoms with E-state index in [2.05, 4.69) is 22.9 Å². The van der Waals surface area contributed by atoms with Crippen LogP contribution in [-0.4, -0.2) is 41.5 Å². The lowest BCUT2D eigenvalue weighted by molar-refractivity contribution is -0.131. The van der Waals surface area contributed by atoms with Crippen LogP contribution in [0.2, 0.25) is 5.02 Å². The predicted molar refractivity (Wildman–Crippen MR) is 82.4 cm³/mol. The van der Waals surface area contributed by atoms with E-state index in [0.29, 0.717) is 0 Å². The summed E-state index contributed by atoms with van der Waals surface area (Å²) < 4.78 is 0. The number of hydrogen-bond acceptors (Lipinski definition) is 2. The SMILES string of the molecule is CC(=O)N1CCN(c2cc(Cl)cc3[nH]ccc23)CC1C. The molecule has 1 amide bonds. The summed E-state index contributed by atoms with van der Waals surface area (Å²) in [6, 6.07) is 6.24. The summed E-state index contributed by atoms with van der Waals surface area (Å²) in [6.07, 6.45) is 1.93. The van der Waals surface area contributed by atoms with E-state index >= 15 is 0 Å². The molecule has 1 aliphatic heterocycles. The third-order valence-electron chi connectivity index (χ3n) is 3.98. The molecule has 5 heteroatoms. The molecule has 0 saturated carbocycles. The van der Waals surface area contributed by atoms with Crippen molar-refractivity contribution in [1.29, 1.82) is 0 Å². The Morgan fingerprint density at radius 1 is 1.40 bits per heavy atom. The Bertz CT molecular complexity index is 652. The van der Waals surface area contributed by atoms with Gasteiger partial charge < -0.3 is 14.8 Å². The molecule has 4 nitrogen and oxygen atoms in total. The van der Waals surface area contributed by atoms with Crippen molar-refractivity contribution in [2.24, 2.45) is 0 Å². The average Bonchev–Trinajstić information content (AvgIpc) is 2.85. The van der Waals surface area contributed by atoms with E-state index in [4.69, 9.17) is 11.6 Å². The van der Waals surface area contributed by atoms with Gasteiger partial charge >= 0.3 is 0 Å². The van der Waals surface area contributed by atoms with Gasteiger partial charge in [0.1, 0.15) is 0 Å². The van der Waals surface area contributed by atoms with E-state index in [0.717, 1.165) is 35.9 Å². The van der Waals surface area contributed by atoms with Crippen LogP contribution in [0.5, 0.6) is 0 Å². The molecule has 1 aromatic carbocycles. The first-order valence-corrected chi connectivity index (χ1v) is 7.23. The molecule has 1 N–H and O–H groups in total. The molecule has 0 spiro atoms. The molecule has 1 fully saturated rings. The molecule has 106 valence electrons. The van der Waals surface area contributed by atoms with Crippen LogP contribution in [0.4, 0.5) is 5.69 Å². The molecule has 1 aliphatic rings. The fourth-order valence-corrected chi connectivity index (χ4v) is 3.23. The van der Waals surface area contributed by atoms with Gasteiger partial charge in [0.05, 0.1) is 0 Å². The summed E-state index contributed by atoms with van der Waals surface area (Å²) in [4.78, 5) is 19.0. The molecule has 0 aliphatic carbocycles. The van der Waals surface area contributed by atoms with Gasteiger partial charge in [0.25, 0.3) is 0 Å². The third-order valence-corrected chi connectivity index (χ3v) is 4.20. The van der Waals surface area contributed by atoms with Crippen molar-refractivity contribution in [2.75, 3.05) is 24.5 Å². The van der Waals surface area contributed by atoms with Gasteiger partial charge in [-0.05, 0) is 25.1 Å². The Hall–Kier alpha value is -1.68. The highest BCUT2D eigenvalue weighted by molar-refractivity contribution is 6.31. The maximum absolute atomic E-state index is 11.6. The van der Waals surface area contributed by atoms with E-state index in [1.165, 1.54) is 5.39 Å². The van der Waals surface area contributed by atoms with Crippen molar-refractivity contribution < 1.29 is 4.79 Å². The number of piperazine rings is 1. The first-order valence-electron chi connectivity index (χ1n) is 6.85. The lowest BCUT2D eigenvalue weighted by Crippen LogP contribution is -2.53. The van der Waals surface area contributed by atoms with Crippen molar-refractivity contribution in [2.45, 2.75) is 19.9 Å². The molecule has 20 heavy (non-hydrogen) atoms. The number of anilines is 1. The zero-order valence-corrected chi connectivity index (χ0v) is 12.4. The van der Waals surface area contributed by atoms with E-state index in [9.17, 15) is 4.79 Å². The van der Waals surface area contributed by atoms with E-state index in [1.807, 2.05) is 23.2 Å². The van der Waals surface area contributed by atoms with Crippen LogP contribution in [0.15, 0.2) is 24.4 Å². The molecule has 1 saturated heterocycles. The summed E-state index contributed by atoms with van der Waals surface area (Å²) >= 11 is 6.20. The van der Waals surface area contributed by atoms with Crippen LogP contribution >= 0.6 is 11.6 Å². The minimum absolute atomic E-state index is 0.148. The Labute approximate surface area is 123 Å². The lowest BCUT2D eigenvalue weighted by Gasteiger charge is -2.40. The second kappa shape index (κ2) is 5.02. The molecule has 2 aromatic rings. The van der Waals surface area contributed by atoms with Crippen LogP contribution in [-0.2, 0) is 4.79 Å². The minimum atomic E-state index is 0.148. The highest BCUT2D eigenvalue weighted by Gasteiger charge is 2.26. The largest absolute Gasteiger partial charge is 0.367 e. The number of carbonyl (C=O) groups excluding carboxylic acids is 1. The highest BCUT2D eigenvalue weighted by atomic mass is 35.5. The maximum Gasteiger partial charge on any atom is 0.219 e. The number of aromatic amines is 1. The Balaban J connectivity index is 1.93. The number of benzene rings is 1. The number of fused-ring (bicyclic) bond motifs is 1. The van der Waals surface area contributed by atoms with Crippen LogP contribution in [0.3, 0.4) is 0 Å². The van der Waals surface area contributed by atoms with Gasteiger partial charge in [0.15, 0.2) is 0 Å². The van der Waals surface area contributed by atoms with Crippen molar-refractivity contribution in [1.82, 2.24) is 9.88 Å². The van der Waals surface area contributed by atoms with Gasteiger partial charge in [-0.3, -0.25) is 4.79 Å². The normalized spacial score (nSPS) is 19.6. The standard InChI is InChI=1S/C15H18ClN3O/c1-10-9-18(5-6-19(10)11(2)20)15-8-12(16)7-14-13(15)3-4-17-14/h3-4,7-8,10,17H,5-6,9H2,1-2H3. The Morgan fingerprint density at radius 3 is 2.90 bits per heavy atom. The molecular weight excluding hydrogens is 274 g/mol. The van der Waals surface area contributed by atoms with Gasteiger partial charge in [0.2, 0.25) is 5.91 Å². The third kappa shape index (κ3) is 2.24. The minimum Gasteiger partial charge on any atom is -0.367 e. The van der Waals surface area contributed by atoms with Gasteiger partial charge in [0, 0.05) is 60.4 Å². The number of carbonyl (C=O) groups is 1. The van der Waals surface area contributed by atoms with Crippen LogP contribution in [0, 0.1) is 0 Å². The Kier molecular flexibility index (Phi) is 3.34. The zero-order chi connectivity index (χ0) is 14.3. The highest BCUT2D eigenvalue weighted by Crippen LogP contribution is 2.31. The van der Waals surface area contributed by atoms with Gasteiger partial charge in [-0.2, -0.15) is 0 Å². The average molecular weight is 292 g/mol. The Morgan fingerprint density at radius 2 is 2.20 bits per heavy atom. The number of amides is 1. The lowest BCUT2D eigenvalue weighted by atomic mass is 10.1. The number of rotatable bonds is 1. The molecule has 1 aromatic heterocycles. The summed E-state index contributed by atoms with van der Waals surface area (Å²) in [6.45, 7) is 6.15. The molecule has 0 radical (unpaired) electrons. The number of nitrogens with one attached hydrogen (secondary N) is 1. The molecule has 1 unspecified atom stereocenters. The van der Waals surface area contributed by atoms with Crippen LogP contribution in [0.25, 0.3) is 10.9 Å². The topological polar surface area (TPSA) is 39.3 Å². The van der Waals surface area contributed by atoms with E-state index in [-0.39, 0.29) is 11.9 Å². The van der Waals surface area contributed by atoms with E-state index < -0.39 is 0 Å². The summed E-state index contributed by atoms with van der Waals surface area (Å²) in [7, 11) is 0. The smallest absolute Gasteiger partial charge is 0.219 e. The van der Waals surface area contributed by atoms with Gasteiger partial charge in [-0.25, -0.2) is 0 Å². The van der Waals surface area contributed by atoms with Crippen LogP contribution < -0.4 is 4.90 Å². The monoisotopic (exact) mass is 291 g/mol. The zero-order valence-electron chi connectivity index (χ0n) is 11.7. The number of H-pyrrole nitrogens is 1. The first-order chi connectivity index (χ1) is 9.56. The van der Waals surface area contributed by atoms with Crippen molar-refractivity contribution in [3.63, 3.8) is 0 Å². The summed E-state index contributed by atoms with van der Waals surface area (Å²) in [5, 5.41) is 1.91. The molecule has 0 bridgehead atoms. The van der Waals surface area contributed by atoms with E-state index in [1.54, 1.807) is 6.92 Å². The fraction of sp³-hybridized carbons (Fsp3) is 0.400. The first kappa shape index (κ1) is 13.3. The van der Waals surface area contributed by atoms with Crippen molar-refractivity contribution >= 4 is 34.1 Å². The summed E-state index contributed by atoms with van der Waals surface area (Å²) in [5.74, 6) is 0.148. The molecule has 1 atom stereocenters. The van der Waals surface area contributed by atoms with Gasteiger partial charge in [-0.1, -0.05) is 11.6 Å². The second-order valence-electron chi connectivity index (χ2n) is 5.37. The van der Waals surface area contributed by atoms with Crippen LogP contribution in [0.1, 0.15) is 13.8 Å². The second-order valence-corrected chi connectivity index (χ2v) is 5.81. The quantitative estimate of drug-likeness (QED) is 0.877. The molecular formula is C15H18ClN3O. The predicted octanol–water partition coefficient (Wildman–Crippen LogP) is 2.88. The number of aromatic nitrogens is 1. The van der Waals surface area contributed by atoms with Crippen molar-refractivity contribution in [3.05, 3.63) is 29.4 Å². The number of hydrogen-bond donors (Lipinski definition) is 1. The molecule has 3 rings (SSSR count). The number of halogens is 1. The summed E-state index contributed by atoms with van der Waals surface area (Å²) in [5.41, 5.74) is 2.19. The fourth-order valence-electron chi connectivity index (χ4n) is 3.02. The maximum atomic E-state index is 11.6. The van der Waals surface area contributed by atoms with Crippen molar-refractivity contribution in [3.8, 4) is 0 Å². The number of nitrogens with zero attached hydrogens (tertiary/aromatic N) is 2.